The van der Waals surface area contributed by atoms with Gasteiger partial charge in [0.05, 0.1) is 0 Å². The van der Waals surface area contributed by atoms with E-state index in [4.69, 9.17) is 0 Å². The first kappa shape index (κ1) is 9.77. The molecule has 72 valence electrons. The second-order valence-electron chi connectivity index (χ2n) is 2.87. The fourth-order valence-corrected chi connectivity index (χ4v) is 1.08. The Morgan fingerprint density at radius 1 is 1.69 bits per heavy atom. The van der Waals surface area contributed by atoms with Gasteiger partial charge in [-0.25, -0.2) is 4.98 Å². The van der Waals surface area contributed by atoms with E-state index in [1.165, 1.54) is 0 Å². The van der Waals surface area contributed by atoms with Crippen LogP contribution in [-0.2, 0) is 11.3 Å². The van der Waals surface area contributed by atoms with Gasteiger partial charge in [0, 0.05) is 31.9 Å². The lowest BCUT2D eigenvalue weighted by Crippen LogP contribution is -2.26. The first-order valence-electron chi connectivity index (χ1n) is 4.48. The largest absolute Gasteiger partial charge is 0.354 e. The van der Waals surface area contributed by atoms with E-state index in [0.29, 0.717) is 13.0 Å². The minimum atomic E-state index is 0.0952. The van der Waals surface area contributed by atoms with Crippen LogP contribution in [0.2, 0.25) is 0 Å². The van der Waals surface area contributed by atoms with Gasteiger partial charge < -0.3 is 9.88 Å². The molecule has 0 bridgehead atoms. The van der Waals surface area contributed by atoms with E-state index < -0.39 is 0 Å². The molecule has 0 aromatic carbocycles. The molecule has 0 spiro atoms. The molecule has 1 heterocycles. The normalized spacial score (nSPS) is 10.0. The summed E-state index contributed by atoms with van der Waals surface area (Å²) < 4.78 is 2.01. The Balaban J connectivity index is 2.28. The third-order valence-electron chi connectivity index (χ3n) is 1.92. The number of hydrogen-bond acceptors (Lipinski definition) is 2. The third-order valence-corrected chi connectivity index (χ3v) is 1.92. The van der Waals surface area contributed by atoms with E-state index in [9.17, 15) is 4.79 Å². The number of carbonyl (C=O) groups excluding carboxylic acids is 1. The van der Waals surface area contributed by atoms with E-state index in [2.05, 4.69) is 10.3 Å². The van der Waals surface area contributed by atoms with Crippen molar-refractivity contribution in [3.8, 4) is 0 Å². The zero-order valence-corrected chi connectivity index (χ0v) is 8.08. The van der Waals surface area contributed by atoms with Crippen molar-refractivity contribution < 1.29 is 4.79 Å². The molecule has 0 aliphatic rings. The average Bonchev–Trinajstić information content (AvgIpc) is 2.52. The Morgan fingerprint density at radius 3 is 3.00 bits per heavy atom. The van der Waals surface area contributed by atoms with Gasteiger partial charge in [0.15, 0.2) is 0 Å². The van der Waals surface area contributed by atoms with Gasteiger partial charge in [-0.2, -0.15) is 0 Å². The number of aromatic nitrogens is 2. The molecule has 0 aliphatic heterocycles. The highest BCUT2D eigenvalue weighted by molar-refractivity contribution is 5.75. The second-order valence-corrected chi connectivity index (χ2v) is 2.87. The van der Waals surface area contributed by atoms with E-state index >= 15 is 0 Å². The van der Waals surface area contributed by atoms with E-state index in [-0.39, 0.29) is 5.91 Å². The lowest BCUT2D eigenvalue weighted by molar-refractivity contribution is -0.120. The molecule has 0 saturated heterocycles. The lowest BCUT2D eigenvalue weighted by Gasteiger charge is -2.05. The SMILES string of the molecule is CCC(=O)NCCn1ccnc1C. The highest BCUT2D eigenvalue weighted by Gasteiger charge is 1.97. The highest BCUT2D eigenvalue weighted by Crippen LogP contribution is 1.93. The number of hydrogen-bond donors (Lipinski definition) is 1. The van der Waals surface area contributed by atoms with Crippen LogP contribution < -0.4 is 5.32 Å². The predicted octanol–water partition coefficient (Wildman–Crippen LogP) is 0.718. The number of nitrogens with one attached hydrogen (secondary N) is 1. The molecule has 1 N–H and O–H groups in total. The van der Waals surface area contributed by atoms with E-state index in [1.54, 1.807) is 6.20 Å². The molecule has 13 heavy (non-hydrogen) atoms. The minimum absolute atomic E-state index is 0.0952. The molecule has 0 aliphatic carbocycles. The topological polar surface area (TPSA) is 46.9 Å². The Morgan fingerprint density at radius 2 is 2.46 bits per heavy atom. The van der Waals surface area contributed by atoms with Gasteiger partial charge in [-0.3, -0.25) is 4.79 Å². The summed E-state index contributed by atoms with van der Waals surface area (Å²) in [7, 11) is 0. The lowest BCUT2D eigenvalue weighted by atomic mass is 10.4. The van der Waals surface area contributed by atoms with E-state index in [1.807, 2.05) is 24.6 Å². The standard InChI is InChI=1S/C9H15N3O/c1-3-9(13)11-5-7-12-6-4-10-8(12)2/h4,6H,3,5,7H2,1-2H3,(H,11,13). The molecule has 0 radical (unpaired) electrons. The monoisotopic (exact) mass is 181 g/mol. The second kappa shape index (κ2) is 4.64. The van der Waals surface area contributed by atoms with E-state index in [0.717, 1.165) is 12.4 Å². The van der Waals surface area contributed by atoms with Crippen molar-refractivity contribution in [2.75, 3.05) is 6.54 Å². The Bertz CT molecular complexity index is 280. The van der Waals surface area contributed by atoms with Crippen LogP contribution in [0.25, 0.3) is 0 Å². The molecule has 1 rings (SSSR count). The number of aryl methyl sites for hydroxylation is 1. The maximum absolute atomic E-state index is 10.9. The van der Waals surface area contributed by atoms with Crippen LogP contribution >= 0.6 is 0 Å². The number of imidazole rings is 1. The van der Waals surface area contributed by atoms with Crippen molar-refractivity contribution in [2.45, 2.75) is 26.8 Å². The van der Waals surface area contributed by atoms with Crippen molar-refractivity contribution in [3.63, 3.8) is 0 Å². The van der Waals surface area contributed by atoms with Gasteiger partial charge in [-0.05, 0) is 6.92 Å². The van der Waals surface area contributed by atoms with Crippen LogP contribution in [0.5, 0.6) is 0 Å². The molecule has 4 nitrogen and oxygen atoms in total. The summed E-state index contributed by atoms with van der Waals surface area (Å²) >= 11 is 0. The number of nitrogens with zero attached hydrogens (tertiary/aromatic N) is 2. The van der Waals surface area contributed by atoms with Crippen LogP contribution in [0.1, 0.15) is 19.2 Å². The summed E-state index contributed by atoms with van der Waals surface area (Å²) in [6.45, 7) is 5.25. The van der Waals surface area contributed by atoms with Gasteiger partial charge in [-0.15, -0.1) is 0 Å². The molecule has 0 atom stereocenters. The zero-order chi connectivity index (χ0) is 9.68. The maximum Gasteiger partial charge on any atom is 0.219 e. The molecule has 1 amide bonds. The van der Waals surface area contributed by atoms with Crippen LogP contribution in [0.15, 0.2) is 12.4 Å². The average molecular weight is 181 g/mol. The fraction of sp³-hybridized carbons (Fsp3) is 0.556. The van der Waals surface area contributed by atoms with Crippen molar-refractivity contribution in [1.29, 1.82) is 0 Å². The summed E-state index contributed by atoms with van der Waals surface area (Å²) in [5.74, 6) is 1.07. The van der Waals surface area contributed by atoms with Gasteiger partial charge >= 0.3 is 0 Å². The minimum Gasteiger partial charge on any atom is -0.354 e. The first-order chi connectivity index (χ1) is 6.24. The predicted molar refractivity (Wildman–Crippen MR) is 50.3 cm³/mol. The number of amides is 1. The number of rotatable bonds is 4. The first-order valence-corrected chi connectivity index (χ1v) is 4.48. The zero-order valence-electron chi connectivity index (χ0n) is 8.08. The quantitative estimate of drug-likeness (QED) is 0.744. The summed E-state index contributed by atoms with van der Waals surface area (Å²) in [5.41, 5.74) is 0. The molecule has 0 unspecified atom stereocenters. The maximum atomic E-state index is 10.9. The fourth-order valence-electron chi connectivity index (χ4n) is 1.08. The Hall–Kier alpha value is -1.32. The molecular formula is C9H15N3O. The van der Waals surface area contributed by atoms with Gasteiger partial charge in [0.2, 0.25) is 5.91 Å². The van der Waals surface area contributed by atoms with Crippen LogP contribution in [0.3, 0.4) is 0 Å². The van der Waals surface area contributed by atoms with Gasteiger partial charge in [0.25, 0.3) is 0 Å². The van der Waals surface area contributed by atoms with Gasteiger partial charge in [0.1, 0.15) is 5.82 Å². The molecular weight excluding hydrogens is 166 g/mol. The molecule has 0 saturated carbocycles. The van der Waals surface area contributed by atoms with Crippen LogP contribution in [0, 0.1) is 6.92 Å². The summed E-state index contributed by atoms with van der Waals surface area (Å²) in [5, 5.41) is 2.81. The molecule has 0 fully saturated rings. The number of carbonyl (C=O) groups is 1. The van der Waals surface area contributed by atoms with Crippen molar-refractivity contribution in [1.82, 2.24) is 14.9 Å². The third kappa shape index (κ3) is 2.89. The Kier molecular flexibility index (Phi) is 3.49. The van der Waals surface area contributed by atoms with Crippen molar-refractivity contribution in [3.05, 3.63) is 18.2 Å². The summed E-state index contributed by atoms with van der Waals surface area (Å²) in [4.78, 5) is 15.0. The summed E-state index contributed by atoms with van der Waals surface area (Å²) in [6.07, 6.45) is 4.22. The van der Waals surface area contributed by atoms with Crippen LogP contribution in [-0.4, -0.2) is 22.0 Å². The van der Waals surface area contributed by atoms with Crippen molar-refractivity contribution >= 4 is 5.91 Å². The highest BCUT2D eigenvalue weighted by atomic mass is 16.1. The Labute approximate surface area is 78.0 Å². The van der Waals surface area contributed by atoms with Crippen LogP contribution in [0.4, 0.5) is 0 Å². The molecule has 1 aromatic rings. The molecule has 1 aromatic heterocycles. The van der Waals surface area contributed by atoms with Gasteiger partial charge in [-0.1, -0.05) is 6.92 Å². The summed E-state index contributed by atoms with van der Waals surface area (Å²) in [6, 6.07) is 0. The molecule has 4 heteroatoms. The van der Waals surface area contributed by atoms with Crippen molar-refractivity contribution in [2.24, 2.45) is 0 Å². The smallest absolute Gasteiger partial charge is 0.219 e.